The molecule has 8 nitrogen and oxygen atoms in total. The van der Waals surface area contributed by atoms with Gasteiger partial charge in [-0.05, 0) is 43.5 Å². The van der Waals surface area contributed by atoms with Crippen LogP contribution < -0.4 is 16.0 Å². The van der Waals surface area contributed by atoms with E-state index in [0.717, 1.165) is 16.9 Å². The van der Waals surface area contributed by atoms with Crippen LogP contribution in [0.4, 0.5) is 4.79 Å². The van der Waals surface area contributed by atoms with Gasteiger partial charge in [-0.1, -0.05) is 0 Å². The Labute approximate surface area is 144 Å². The van der Waals surface area contributed by atoms with Gasteiger partial charge in [-0.15, -0.1) is 0 Å². The second-order valence-corrected chi connectivity index (χ2v) is 6.29. The minimum absolute atomic E-state index is 0.156. The first-order valence-corrected chi connectivity index (χ1v) is 8.26. The molecule has 1 atom stereocenters. The van der Waals surface area contributed by atoms with E-state index in [-0.39, 0.29) is 24.7 Å². The molecular weight excluding hydrogens is 322 g/mol. The van der Waals surface area contributed by atoms with Gasteiger partial charge in [-0.2, -0.15) is 0 Å². The summed E-state index contributed by atoms with van der Waals surface area (Å²) in [6.07, 6.45) is 1.06. The predicted molar refractivity (Wildman–Crippen MR) is 92.0 cm³/mol. The minimum Gasteiger partial charge on any atom is -0.356 e. The fourth-order valence-corrected chi connectivity index (χ4v) is 2.79. The monoisotopic (exact) mass is 343 g/mol. The number of rotatable bonds is 6. The van der Waals surface area contributed by atoms with Gasteiger partial charge in [0.25, 0.3) is 5.91 Å². The smallest absolute Gasteiger partial charge is 0.322 e. The van der Waals surface area contributed by atoms with Crippen molar-refractivity contribution in [2.75, 3.05) is 6.54 Å². The van der Waals surface area contributed by atoms with Crippen molar-refractivity contribution < 1.29 is 14.4 Å². The molecule has 4 amide bonds. The first-order chi connectivity index (χ1) is 11.9. The summed E-state index contributed by atoms with van der Waals surface area (Å²) in [5.74, 6) is 0.283. The standard InChI is InChI=1S/C17H21N5O3/c1-9-7-12-13(8-10(9)2)20-14(19-12)5-6-18-15(23)4-3-11-16(24)22-17(25)21-11/h7-8,11H,3-6H2,1-2H3,(H,18,23)(H,19,20)(H2,21,22,24,25)/t11-/m0/s1. The van der Waals surface area contributed by atoms with Crippen molar-refractivity contribution in [1.82, 2.24) is 25.9 Å². The van der Waals surface area contributed by atoms with Crippen LogP contribution in [0.1, 0.15) is 29.8 Å². The van der Waals surface area contributed by atoms with Crippen LogP contribution in [0.3, 0.4) is 0 Å². The summed E-state index contributed by atoms with van der Waals surface area (Å²) in [6.45, 7) is 4.57. The number of imide groups is 1. The third kappa shape index (κ3) is 3.96. The number of hydrogen-bond acceptors (Lipinski definition) is 4. The number of H-pyrrole nitrogens is 1. The molecule has 1 aromatic carbocycles. The van der Waals surface area contributed by atoms with Gasteiger partial charge >= 0.3 is 6.03 Å². The molecule has 2 heterocycles. The Balaban J connectivity index is 1.45. The molecule has 0 spiro atoms. The third-order valence-electron chi connectivity index (χ3n) is 4.35. The summed E-state index contributed by atoms with van der Waals surface area (Å²) in [6, 6.07) is 2.98. The molecule has 1 aliphatic rings. The number of urea groups is 1. The van der Waals surface area contributed by atoms with E-state index in [4.69, 9.17) is 0 Å². The second-order valence-electron chi connectivity index (χ2n) is 6.29. The van der Waals surface area contributed by atoms with E-state index in [0.29, 0.717) is 13.0 Å². The fraction of sp³-hybridized carbons (Fsp3) is 0.412. The van der Waals surface area contributed by atoms with Crippen molar-refractivity contribution in [2.24, 2.45) is 0 Å². The van der Waals surface area contributed by atoms with Crippen LogP contribution in [0.15, 0.2) is 12.1 Å². The number of aromatic nitrogens is 2. The van der Waals surface area contributed by atoms with Gasteiger partial charge in [0, 0.05) is 19.4 Å². The lowest BCUT2D eigenvalue weighted by atomic mass is 10.1. The normalized spacial score (nSPS) is 16.8. The van der Waals surface area contributed by atoms with Crippen LogP contribution >= 0.6 is 0 Å². The van der Waals surface area contributed by atoms with E-state index in [1.165, 1.54) is 11.1 Å². The summed E-state index contributed by atoms with van der Waals surface area (Å²) in [5, 5.41) is 7.42. The molecule has 3 rings (SSSR count). The van der Waals surface area contributed by atoms with E-state index in [1.807, 2.05) is 6.07 Å². The molecule has 0 saturated carbocycles. The van der Waals surface area contributed by atoms with E-state index < -0.39 is 12.1 Å². The van der Waals surface area contributed by atoms with E-state index in [1.54, 1.807) is 0 Å². The number of nitrogens with one attached hydrogen (secondary N) is 4. The number of fused-ring (bicyclic) bond motifs is 1. The van der Waals surface area contributed by atoms with E-state index in [9.17, 15) is 14.4 Å². The highest BCUT2D eigenvalue weighted by atomic mass is 16.2. The van der Waals surface area contributed by atoms with Gasteiger partial charge in [-0.3, -0.25) is 14.9 Å². The number of imidazole rings is 1. The van der Waals surface area contributed by atoms with Crippen molar-refractivity contribution in [2.45, 2.75) is 39.2 Å². The summed E-state index contributed by atoms with van der Waals surface area (Å²) in [5.41, 5.74) is 4.32. The molecule has 0 unspecified atom stereocenters. The van der Waals surface area contributed by atoms with Crippen molar-refractivity contribution >= 4 is 28.9 Å². The molecule has 132 valence electrons. The Bertz CT molecular complexity index is 803. The summed E-state index contributed by atoms with van der Waals surface area (Å²) in [7, 11) is 0. The highest BCUT2D eigenvalue weighted by Gasteiger charge is 2.29. The maximum atomic E-state index is 11.9. The van der Waals surface area contributed by atoms with Gasteiger partial charge in [-0.25, -0.2) is 9.78 Å². The number of hydrogen-bond donors (Lipinski definition) is 4. The summed E-state index contributed by atoms with van der Waals surface area (Å²) < 4.78 is 0. The molecule has 0 bridgehead atoms. The van der Waals surface area contributed by atoms with Gasteiger partial charge in [0.05, 0.1) is 11.0 Å². The minimum atomic E-state index is -0.625. The van der Waals surface area contributed by atoms with Crippen molar-refractivity contribution in [3.63, 3.8) is 0 Å². The Morgan fingerprint density at radius 3 is 2.72 bits per heavy atom. The number of aromatic amines is 1. The number of amides is 4. The Hall–Kier alpha value is -2.90. The second kappa shape index (κ2) is 6.92. The largest absolute Gasteiger partial charge is 0.356 e. The van der Waals surface area contributed by atoms with Gasteiger partial charge in [0.1, 0.15) is 11.9 Å². The average Bonchev–Trinajstić information content (AvgIpc) is 3.07. The van der Waals surface area contributed by atoms with E-state index in [2.05, 4.69) is 45.8 Å². The molecular formula is C17H21N5O3. The molecule has 0 aliphatic carbocycles. The lowest BCUT2D eigenvalue weighted by Crippen LogP contribution is -2.32. The first-order valence-electron chi connectivity index (χ1n) is 8.26. The van der Waals surface area contributed by atoms with Crippen LogP contribution in [-0.4, -0.2) is 40.4 Å². The van der Waals surface area contributed by atoms with Crippen molar-refractivity contribution in [3.8, 4) is 0 Å². The molecule has 2 aromatic rings. The zero-order valence-electron chi connectivity index (χ0n) is 14.2. The molecule has 0 radical (unpaired) electrons. The zero-order chi connectivity index (χ0) is 18.0. The lowest BCUT2D eigenvalue weighted by Gasteiger charge is -2.07. The van der Waals surface area contributed by atoms with Crippen LogP contribution in [-0.2, 0) is 16.0 Å². The average molecular weight is 343 g/mol. The fourth-order valence-electron chi connectivity index (χ4n) is 2.79. The number of carbonyl (C=O) groups excluding carboxylic acids is 3. The molecule has 1 aliphatic heterocycles. The maximum Gasteiger partial charge on any atom is 0.322 e. The number of aryl methyl sites for hydroxylation is 2. The SMILES string of the molecule is Cc1cc2nc(CCNC(=O)CC[C@@H]3NC(=O)NC3=O)[nH]c2cc1C. The Kier molecular flexibility index (Phi) is 4.69. The molecule has 8 heteroatoms. The van der Waals surface area contributed by atoms with Gasteiger partial charge in [0.15, 0.2) is 0 Å². The number of carbonyl (C=O) groups is 3. The lowest BCUT2D eigenvalue weighted by molar-refractivity contribution is -0.122. The highest BCUT2D eigenvalue weighted by Crippen LogP contribution is 2.17. The predicted octanol–water partition coefficient (Wildman–Crippen LogP) is 0.827. The summed E-state index contributed by atoms with van der Waals surface area (Å²) >= 11 is 0. The number of benzene rings is 1. The molecule has 4 N–H and O–H groups in total. The van der Waals surface area contributed by atoms with Crippen LogP contribution in [0.2, 0.25) is 0 Å². The van der Waals surface area contributed by atoms with E-state index >= 15 is 0 Å². The third-order valence-corrected chi connectivity index (χ3v) is 4.35. The molecule has 1 fully saturated rings. The topological polar surface area (TPSA) is 116 Å². The van der Waals surface area contributed by atoms with Gasteiger partial charge < -0.3 is 15.6 Å². The molecule has 25 heavy (non-hydrogen) atoms. The highest BCUT2D eigenvalue weighted by molar-refractivity contribution is 6.04. The van der Waals surface area contributed by atoms with Gasteiger partial charge in [0.2, 0.25) is 5.91 Å². The zero-order valence-corrected chi connectivity index (χ0v) is 14.2. The van der Waals surface area contributed by atoms with Crippen LogP contribution in [0.5, 0.6) is 0 Å². The Morgan fingerprint density at radius 2 is 2.00 bits per heavy atom. The van der Waals surface area contributed by atoms with Crippen molar-refractivity contribution in [3.05, 3.63) is 29.1 Å². The summed E-state index contributed by atoms with van der Waals surface area (Å²) in [4.78, 5) is 42.0. The molecule has 1 aromatic heterocycles. The van der Waals surface area contributed by atoms with Crippen molar-refractivity contribution in [1.29, 1.82) is 0 Å². The maximum absolute atomic E-state index is 11.9. The van der Waals surface area contributed by atoms with Crippen LogP contribution in [0, 0.1) is 13.8 Å². The Morgan fingerprint density at radius 1 is 1.24 bits per heavy atom. The quantitative estimate of drug-likeness (QED) is 0.581. The first kappa shape index (κ1) is 16.9. The molecule has 1 saturated heterocycles. The van der Waals surface area contributed by atoms with Crippen LogP contribution in [0.25, 0.3) is 11.0 Å². The number of nitrogens with zero attached hydrogens (tertiary/aromatic N) is 1.